The van der Waals surface area contributed by atoms with Crippen LogP contribution in [0.3, 0.4) is 0 Å². The predicted octanol–water partition coefficient (Wildman–Crippen LogP) is 6.26. The van der Waals surface area contributed by atoms with Gasteiger partial charge < -0.3 is 64.8 Å². The minimum Gasteiger partial charge on any atom is -0.378 e. The third-order valence-corrected chi connectivity index (χ3v) is 25.2. The van der Waals surface area contributed by atoms with Gasteiger partial charge in [0, 0.05) is 73.8 Å². The van der Waals surface area contributed by atoms with Gasteiger partial charge in [-0.05, 0) is 152 Å². The van der Waals surface area contributed by atoms with Crippen molar-refractivity contribution in [3.8, 4) is 0 Å². The van der Waals surface area contributed by atoms with E-state index in [-0.39, 0.29) is 142 Å². The summed E-state index contributed by atoms with van der Waals surface area (Å²) in [4.78, 5) is 193. The number of carbonyl (C=O) groups is 12. The summed E-state index contributed by atoms with van der Waals surface area (Å²) in [5, 5.41) is 7.41. The Morgan fingerprint density at radius 3 is 1.84 bits per heavy atom. The van der Waals surface area contributed by atoms with E-state index in [1.165, 1.54) is 76.6 Å². The lowest BCUT2D eigenvalue weighted by Gasteiger charge is -2.42. The van der Waals surface area contributed by atoms with Crippen LogP contribution in [0.25, 0.3) is 0 Å². The summed E-state index contributed by atoms with van der Waals surface area (Å²) in [5.74, 6) is -14.0. The number of hydrogen-bond donors (Lipinski definition) is 3. The lowest BCUT2D eigenvalue weighted by atomic mass is 9.78. The summed E-state index contributed by atoms with van der Waals surface area (Å²) in [7, 11) is 8.31. The first-order valence-corrected chi connectivity index (χ1v) is 39.1. The minimum atomic E-state index is -4.55. The number of hydrogen-bond acceptors (Lipinski definition) is 13. The standard InChI is InChI=1S/C74H115ClF6N12O13/c1-11-45(4)61-69(103)86(6)43-60(96)88(8)55-30-21-44(3)41-93(68(55)102)57(39-47-22-26-49(27-23-47)73(76,77)78)66(100)85(5)42-58(94)82-52(29-25-46-24-28-50(51(75)38-46)74(79,80)81)65(99)92-33-17-20-54(92)64(98)84-72(31-15-16-32-72)71(105)90(10)62(48-18-13-14-19-48)70(104)89(9)56(67(101)91-34-36-106-37-35-91)40-59(95)87(7)53(12-2)63(97)83-61/h44-57,61-62H,11-43H2,1-10H3,(H,82,94)(H,83,97)(H,84,98)/t44-,45+,46?,47?,49?,50?,51?,52+,53+,54+,55+,56+,57+,61+,62+/m1/s1. The molecular formula is C74H115ClF6N12O13. The van der Waals surface area contributed by atoms with E-state index in [0.29, 0.717) is 57.8 Å². The van der Waals surface area contributed by atoms with Gasteiger partial charge in [0.05, 0.1) is 44.6 Å². The molecule has 3 unspecified atom stereocenters. The number of likely N-dealkylation sites (N-methyl/N-ethyl adjacent to an activating group) is 6. The molecule has 25 nitrogen and oxygen atoms in total. The van der Waals surface area contributed by atoms with Crippen molar-refractivity contribution >= 4 is 82.5 Å². The average molecular weight is 1530 g/mol. The molecule has 8 fully saturated rings. The first-order valence-electron chi connectivity index (χ1n) is 38.6. The molecule has 12 amide bonds. The number of alkyl halides is 7. The van der Waals surface area contributed by atoms with Crippen LogP contribution in [0.5, 0.6) is 0 Å². The van der Waals surface area contributed by atoms with Gasteiger partial charge in [0.2, 0.25) is 70.9 Å². The number of morpholine rings is 1. The van der Waals surface area contributed by atoms with E-state index in [4.69, 9.17) is 16.3 Å². The molecule has 0 aromatic carbocycles. The van der Waals surface area contributed by atoms with Gasteiger partial charge in [0.25, 0.3) is 0 Å². The number of halogens is 7. The van der Waals surface area contributed by atoms with Crippen LogP contribution in [0.2, 0.25) is 0 Å². The van der Waals surface area contributed by atoms with Crippen LogP contribution >= 0.6 is 11.6 Å². The largest absolute Gasteiger partial charge is 0.393 e. The zero-order chi connectivity index (χ0) is 78.0. The molecule has 1 spiro atoms. The Hall–Kier alpha value is -6.53. The lowest BCUT2D eigenvalue weighted by Crippen LogP contribution is -2.65. The van der Waals surface area contributed by atoms with E-state index in [1.54, 1.807) is 20.8 Å². The Kier molecular flexibility index (Phi) is 29.5. The fourth-order valence-electron chi connectivity index (χ4n) is 17.8. The van der Waals surface area contributed by atoms with Crippen molar-refractivity contribution in [2.45, 2.75) is 260 Å². The van der Waals surface area contributed by atoms with E-state index < -0.39 is 198 Å². The van der Waals surface area contributed by atoms with Crippen LogP contribution in [-0.2, 0) is 62.3 Å². The van der Waals surface area contributed by atoms with Gasteiger partial charge in [0.1, 0.15) is 53.9 Å². The molecular weight excluding hydrogens is 1410 g/mol. The molecule has 8 rings (SSSR count). The van der Waals surface area contributed by atoms with Gasteiger partial charge in [-0.1, -0.05) is 59.8 Å². The fourth-order valence-corrected chi connectivity index (χ4v) is 18.3. The van der Waals surface area contributed by atoms with Crippen molar-refractivity contribution < 1.29 is 88.6 Å². The second-order valence-corrected chi connectivity index (χ2v) is 32.5. The van der Waals surface area contributed by atoms with E-state index in [0.717, 1.165) is 9.80 Å². The lowest BCUT2D eigenvalue weighted by molar-refractivity contribution is -0.184. The van der Waals surface area contributed by atoms with Crippen molar-refractivity contribution in [2.75, 3.05) is 94.8 Å². The molecule has 2 bridgehead atoms. The van der Waals surface area contributed by atoms with Crippen LogP contribution in [0.4, 0.5) is 26.3 Å². The Morgan fingerprint density at radius 1 is 0.604 bits per heavy atom. The van der Waals surface area contributed by atoms with Gasteiger partial charge in [-0.2, -0.15) is 26.3 Å². The minimum absolute atomic E-state index is 0.00660. The Labute approximate surface area is 624 Å². The average Bonchev–Trinajstić information content (AvgIpc) is 1.38. The number of carbonyl (C=O) groups excluding carboxylic acids is 12. The second kappa shape index (κ2) is 36.8. The number of fused-ring (bicyclic) bond motifs is 3. The van der Waals surface area contributed by atoms with Gasteiger partial charge in [-0.3, -0.25) is 57.5 Å². The van der Waals surface area contributed by atoms with Crippen LogP contribution < -0.4 is 16.0 Å². The van der Waals surface area contributed by atoms with E-state index in [1.807, 2.05) is 6.92 Å². The first kappa shape index (κ1) is 85.1. The molecule has 106 heavy (non-hydrogen) atoms. The molecule has 4 saturated heterocycles. The molecule has 0 aromatic rings. The molecule has 4 saturated carbocycles. The van der Waals surface area contributed by atoms with Gasteiger partial charge in [-0.25, -0.2) is 0 Å². The molecule has 3 N–H and O–H groups in total. The maximum absolute atomic E-state index is 15.7. The first-order chi connectivity index (χ1) is 49.9. The van der Waals surface area contributed by atoms with Gasteiger partial charge in [-0.15, -0.1) is 11.6 Å². The third kappa shape index (κ3) is 20.3. The van der Waals surface area contributed by atoms with Crippen molar-refractivity contribution in [2.24, 2.45) is 41.4 Å². The smallest absolute Gasteiger partial charge is 0.378 e. The number of nitrogens with zero attached hydrogens (tertiary/aromatic N) is 9. The normalized spacial score (nSPS) is 32.3. The molecule has 32 heteroatoms. The van der Waals surface area contributed by atoms with E-state index >= 15 is 28.8 Å². The molecule has 4 heterocycles. The van der Waals surface area contributed by atoms with Crippen LogP contribution in [0.1, 0.15) is 188 Å². The van der Waals surface area contributed by atoms with Crippen LogP contribution in [0, 0.1) is 41.4 Å². The summed E-state index contributed by atoms with van der Waals surface area (Å²) in [6.07, 6.45) is -5.43. The van der Waals surface area contributed by atoms with Gasteiger partial charge >= 0.3 is 12.4 Å². The molecule has 0 radical (unpaired) electrons. The predicted molar refractivity (Wildman–Crippen MR) is 379 cm³/mol. The quantitative estimate of drug-likeness (QED) is 0.161. The van der Waals surface area contributed by atoms with Crippen molar-refractivity contribution in [3.63, 3.8) is 0 Å². The maximum atomic E-state index is 15.7. The highest BCUT2D eigenvalue weighted by molar-refractivity contribution is 6.21. The summed E-state index contributed by atoms with van der Waals surface area (Å²) in [6, 6.07) is -10.5. The molecule has 0 aromatic heterocycles. The third-order valence-electron chi connectivity index (χ3n) is 24.7. The number of amides is 12. The maximum Gasteiger partial charge on any atom is 0.393 e. The van der Waals surface area contributed by atoms with E-state index in [2.05, 4.69) is 16.0 Å². The summed E-state index contributed by atoms with van der Waals surface area (Å²) < 4.78 is 90.2. The van der Waals surface area contributed by atoms with E-state index in [9.17, 15) is 55.1 Å². The van der Waals surface area contributed by atoms with Crippen molar-refractivity contribution in [1.82, 2.24) is 60.0 Å². The molecule has 8 aliphatic rings. The fraction of sp³-hybridized carbons (Fsp3) is 0.838. The summed E-state index contributed by atoms with van der Waals surface area (Å²) in [5.41, 5.74) is -1.61. The number of rotatable bonds is 10. The summed E-state index contributed by atoms with van der Waals surface area (Å²) >= 11 is 6.41. The Balaban J connectivity index is 1.18. The number of nitrogens with one attached hydrogen (secondary N) is 3. The van der Waals surface area contributed by atoms with Crippen LogP contribution in [0.15, 0.2) is 0 Å². The highest BCUT2D eigenvalue weighted by Gasteiger charge is 2.53. The highest BCUT2D eigenvalue weighted by Crippen LogP contribution is 2.45. The molecule has 13 atom stereocenters. The molecule has 4 aliphatic heterocycles. The highest BCUT2D eigenvalue weighted by atomic mass is 35.5. The topological polar surface area (TPSA) is 279 Å². The zero-order valence-electron chi connectivity index (χ0n) is 63.6. The second-order valence-electron chi connectivity index (χ2n) is 31.9. The number of ether oxygens (including phenoxy) is 1. The summed E-state index contributed by atoms with van der Waals surface area (Å²) in [6.45, 7) is 6.27. The molecule has 4 aliphatic carbocycles. The molecule has 598 valence electrons. The Morgan fingerprint density at radius 2 is 1.24 bits per heavy atom. The monoisotopic (exact) mass is 1530 g/mol. The van der Waals surface area contributed by atoms with Crippen LogP contribution in [-0.4, -0.2) is 281 Å². The Bertz CT molecular complexity index is 3150. The zero-order valence-corrected chi connectivity index (χ0v) is 64.3. The SMILES string of the molecule is CC[C@H](C)[C@@H]1NC(=O)[C@H](CC)N(C)C(=O)C[C@@H](C(=O)N2CCOCC2)N(C)C(=O)[C@H](C2CCCC2)N(C)C(=O)C2(CCCC2)NC(=O)[C@@H]2CCCN2C(=O)[C@H](CCC2CCC(C(F)(F)F)C(Cl)C2)NC(=O)CN(C)C(=O)[C@H](CC2CCC(C(F)(F)F)CC2)N2C[C@H](C)CC[C@@H](C2=O)N(C)C(=O)CN(C)C1=O. The van der Waals surface area contributed by atoms with Crippen molar-refractivity contribution in [3.05, 3.63) is 0 Å². The van der Waals surface area contributed by atoms with Gasteiger partial charge in [0.15, 0.2) is 0 Å². The van der Waals surface area contributed by atoms with Crippen molar-refractivity contribution in [1.29, 1.82) is 0 Å².